The molecule has 0 aromatic rings. The molecule has 0 aromatic heterocycles. The van der Waals surface area contributed by atoms with Crippen LogP contribution in [-0.2, 0) is 19.0 Å². The van der Waals surface area contributed by atoms with Gasteiger partial charge in [0.25, 0.3) is 0 Å². The first kappa shape index (κ1) is 16.8. The molecule has 0 aromatic carbocycles. The normalized spacial score (nSPS) is 33.0. The van der Waals surface area contributed by atoms with Gasteiger partial charge >= 0.3 is 23.9 Å². The number of hydrogen-bond donors (Lipinski definition) is 0. The number of esters is 1. The Morgan fingerprint density at radius 2 is 1.85 bits per heavy atom. The molecule has 0 amide bonds. The van der Waals surface area contributed by atoms with Crippen LogP contribution in [-0.4, -0.2) is 43.2 Å². The van der Waals surface area contributed by atoms with E-state index >= 15 is 0 Å². The molecule has 2 atom stereocenters. The number of carbonyl (C=O) groups excluding carboxylic acids is 1. The Morgan fingerprint density at radius 3 is 2.15 bits per heavy atom. The van der Waals surface area contributed by atoms with Gasteiger partial charge in [-0.25, -0.2) is 4.79 Å². The van der Waals surface area contributed by atoms with Crippen LogP contribution in [0.1, 0.15) is 13.8 Å². The van der Waals surface area contributed by atoms with E-state index in [0.29, 0.717) is 14.0 Å². The number of alkyl halides is 5. The molecule has 9 heteroatoms. The quantitative estimate of drug-likeness (QED) is 0.456. The van der Waals surface area contributed by atoms with Gasteiger partial charge in [-0.05, 0) is 13.8 Å². The molecule has 1 saturated heterocycles. The fourth-order valence-corrected chi connectivity index (χ4v) is 1.72. The van der Waals surface area contributed by atoms with Crippen LogP contribution in [0.5, 0.6) is 0 Å². The molecule has 1 aliphatic heterocycles. The van der Waals surface area contributed by atoms with E-state index in [0.717, 1.165) is 0 Å². The van der Waals surface area contributed by atoms with Crippen LogP contribution in [0.4, 0.5) is 22.0 Å². The summed E-state index contributed by atoms with van der Waals surface area (Å²) in [5, 5.41) is 0. The van der Waals surface area contributed by atoms with E-state index in [1.165, 1.54) is 6.92 Å². The Bertz CT molecular complexity index is 433. The first-order chi connectivity index (χ1) is 8.84. The van der Waals surface area contributed by atoms with Gasteiger partial charge in [0.1, 0.15) is 0 Å². The maximum atomic E-state index is 14.2. The fraction of sp³-hybridized carbons (Fsp3) is 0.727. The van der Waals surface area contributed by atoms with Gasteiger partial charge in [-0.3, -0.25) is 0 Å². The van der Waals surface area contributed by atoms with E-state index < -0.39 is 36.1 Å². The lowest BCUT2D eigenvalue weighted by Gasteiger charge is -2.37. The van der Waals surface area contributed by atoms with Crippen molar-refractivity contribution in [3.8, 4) is 0 Å². The number of rotatable bonds is 3. The molecule has 0 aliphatic carbocycles. The number of ether oxygens (including phenoxy) is 3. The third kappa shape index (κ3) is 2.08. The van der Waals surface area contributed by atoms with Crippen molar-refractivity contribution in [1.29, 1.82) is 0 Å². The topological polar surface area (TPSA) is 44.8 Å². The molecule has 0 bridgehead atoms. The minimum atomic E-state index is -5.52. The van der Waals surface area contributed by atoms with E-state index in [1.807, 2.05) is 0 Å². The van der Waals surface area contributed by atoms with Crippen molar-refractivity contribution >= 4 is 5.97 Å². The molecule has 1 heterocycles. The van der Waals surface area contributed by atoms with Gasteiger partial charge in [0.2, 0.25) is 5.60 Å². The summed E-state index contributed by atoms with van der Waals surface area (Å²) in [5.41, 5.74) is -3.06. The number of carbonyl (C=O) groups is 1. The lowest BCUT2D eigenvalue weighted by atomic mass is 9.94. The zero-order chi connectivity index (χ0) is 16.0. The second kappa shape index (κ2) is 4.66. The zero-order valence-electron chi connectivity index (χ0n) is 10.9. The third-order valence-electron chi connectivity index (χ3n) is 2.96. The van der Waals surface area contributed by atoms with E-state index in [4.69, 9.17) is 0 Å². The van der Waals surface area contributed by atoms with E-state index in [2.05, 4.69) is 20.8 Å². The molecular formula is C11H13F5O4. The fourth-order valence-electron chi connectivity index (χ4n) is 1.72. The van der Waals surface area contributed by atoms with Gasteiger partial charge in [0, 0.05) is 12.7 Å². The third-order valence-corrected chi connectivity index (χ3v) is 2.96. The van der Waals surface area contributed by atoms with Gasteiger partial charge in [-0.1, -0.05) is 6.58 Å². The monoisotopic (exact) mass is 304 g/mol. The van der Waals surface area contributed by atoms with Crippen molar-refractivity contribution in [3.63, 3.8) is 0 Å². The lowest BCUT2D eigenvalue weighted by Crippen LogP contribution is -2.64. The molecule has 116 valence electrons. The van der Waals surface area contributed by atoms with Crippen LogP contribution < -0.4 is 0 Å². The van der Waals surface area contributed by atoms with Crippen LogP contribution in [0.15, 0.2) is 12.2 Å². The molecule has 0 spiro atoms. The highest BCUT2D eigenvalue weighted by atomic mass is 19.4. The van der Waals surface area contributed by atoms with E-state index in [-0.39, 0.29) is 5.57 Å². The lowest BCUT2D eigenvalue weighted by molar-refractivity contribution is -0.416. The molecule has 1 aliphatic rings. The molecule has 0 radical (unpaired) electrons. The molecule has 4 nitrogen and oxygen atoms in total. The Labute approximate surface area is 111 Å². The number of hydrogen-bond acceptors (Lipinski definition) is 4. The first-order valence-electron chi connectivity index (χ1n) is 5.37. The predicted molar refractivity (Wildman–Crippen MR) is 56.0 cm³/mol. The summed E-state index contributed by atoms with van der Waals surface area (Å²) < 4.78 is 79.4. The second-order valence-corrected chi connectivity index (χ2v) is 4.58. The highest BCUT2D eigenvalue weighted by Gasteiger charge is 2.83. The van der Waals surface area contributed by atoms with Gasteiger partial charge < -0.3 is 14.2 Å². The van der Waals surface area contributed by atoms with Crippen LogP contribution in [0.2, 0.25) is 0 Å². The minimum Gasteiger partial charge on any atom is -0.447 e. The van der Waals surface area contributed by atoms with Crippen molar-refractivity contribution in [2.45, 2.75) is 37.3 Å². The van der Waals surface area contributed by atoms with Gasteiger partial charge in [-0.2, -0.15) is 22.0 Å². The Kier molecular flexibility index (Phi) is 3.92. The first-order valence-corrected chi connectivity index (χ1v) is 5.37. The Hall–Kier alpha value is -1.22. The summed E-state index contributed by atoms with van der Waals surface area (Å²) in [6, 6.07) is 0. The maximum Gasteiger partial charge on any atom is 0.450 e. The summed E-state index contributed by atoms with van der Waals surface area (Å²) in [7, 11) is 0.438. The van der Waals surface area contributed by atoms with Gasteiger partial charge in [0.15, 0.2) is 0 Å². The molecular weight excluding hydrogens is 291 g/mol. The van der Waals surface area contributed by atoms with Crippen molar-refractivity contribution in [3.05, 3.63) is 12.2 Å². The number of halogens is 5. The summed E-state index contributed by atoms with van der Waals surface area (Å²) in [4.78, 5) is 11.3. The standard InChI is InChI=1S/C11H13F5O4/c1-6(2)7(17)20-8(3)5-19-10(18-4,9(8,12)13)11(14,15)16/h1,5H2,2-4H3. The average molecular weight is 304 g/mol. The largest absolute Gasteiger partial charge is 0.450 e. The van der Waals surface area contributed by atoms with Crippen molar-refractivity contribution in [1.82, 2.24) is 0 Å². The summed E-state index contributed by atoms with van der Waals surface area (Å²) in [6.45, 7) is 3.81. The van der Waals surface area contributed by atoms with Crippen LogP contribution in [0, 0.1) is 0 Å². The van der Waals surface area contributed by atoms with Crippen molar-refractivity contribution < 1.29 is 41.0 Å². The average Bonchev–Trinajstić information content (AvgIpc) is 2.47. The van der Waals surface area contributed by atoms with Crippen LogP contribution >= 0.6 is 0 Å². The highest BCUT2D eigenvalue weighted by Crippen LogP contribution is 2.56. The van der Waals surface area contributed by atoms with Gasteiger partial charge in [-0.15, -0.1) is 0 Å². The smallest absolute Gasteiger partial charge is 0.447 e. The van der Waals surface area contributed by atoms with Gasteiger partial charge in [0.05, 0.1) is 6.61 Å². The number of methoxy groups -OCH3 is 1. The van der Waals surface area contributed by atoms with Crippen LogP contribution in [0.3, 0.4) is 0 Å². The van der Waals surface area contributed by atoms with Crippen molar-refractivity contribution in [2.24, 2.45) is 0 Å². The molecule has 1 rings (SSSR count). The van der Waals surface area contributed by atoms with Crippen LogP contribution in [0.25, 0.3) is 0 Å². The molecule has 1 fully saturated rings. The second-order valence-electron chi connectivity index (χ2n) is 4.58. The summed E-state index contributed by atoms with van der Waals surface area (Å²) in [6.07, 6.45) is -5.52. The highest BCUT2D eigenvalue weighted by molar-refractivity contribution is 5.87. The van der Waals surface area contributed by atoms with E-state index in [9.17, 15) is 26.7 Å². The zero-order valence-corrected chi connectivity index (χ0v) is 10.9. The molecule has 2 unspecified atom stereocenters. The predicted octanol–water partition coefficient (Wildman–Crippen LogP) is 2.43. The molecule has 0 N–H and O–H groups in total. The SMILES string of the molecule is C=C(C)C(=O)OC1(C)COC(OC)(C(F)(F)F)C1(F)F. The van der Waals surface area contributed by atoms with Crippen molar-refractivity contribution in [2.75, 3.05) is 13.7 Å². The molecule has 20 heavy (non-hydrogen) atoms. The Balaban J connectivity index is 3.23. The molecule has 0 saturated carbocycles. The Morgan fingerprint density at radius 1 is 1.35 bits per heavy atom. The summed E-state index contributed by atoms with van der Waals surface area (Å²) >= 11 is 0. The summed E-state index contributed by atoms with van der Waals surface area (Å²) in [5.74, 6) is -10.0. The minimum absolute atomic E-state index is 0.232. The maximum absolute atomic E-state index is 14.2. The van der Waals surface area contributed by atoms with E-state index in [1.54, 1.807) is 0 Å².